The summed E-state index contributed by atoms with van der Waals surface area (Å²) >= 11 is 0. The van der Waals surface area contributed by atoms with Crippen LogP contribution < -0.4 is 0 Å². The monoisotopic (exact) mass is 340 g/mol. The maximum atomic E-state index is 10.1. The summed E-state index contributed by atoms with van der Waals surface area (Å²) in [4.78, 5) is 0. The highest BCUT2D eigenvalue weighted by atomic mass is 16.7. The second kappa shape index (κ2) is 7.66. The quantitative estimate of drug-likeness (QED) is 0.265. The first-order chi connectivity index (χ1) is 10.8. The first-order valence-electron chi connectivity index (χ1n) is 7.40. The van der Waals surface area contributed by atoms with E-state index in [0.717, 1.165) is 0 Å². The third kappa shape index (κ3) is 3.66. The third-order valence-electron chi connectivity index (χ3n) is 4.24. The zero-order chi connectivity index (χ0) is 17.3. The van der Waals surface area contributed by atoms with Crippen molar-refractivity contribution in [3.8, 4) is 0 Å². The van der Waals surface area contributed by atoms with Gasteiger partial charge in [0.2, 0.25) is 0 Å². The second-order valence-corrected chi connectivity index (χ2v) is 5.84. The molecule has 0 aromatic heterocycles. The van der Waals surface area contributed by atoms with Gasteiger partial charge >= 0.3 is 0 Å². The van der Waals surface area contributed by atoms with E-state index in [9.17, 15) is 30.6 Å². The van der Waals surface area contributed by atoms with Crippen LogP contribution in [0.5, 0.6) is 0 Å². The lowest BCUT2D eigenvalue weighted by atomic mass is 9.95. The van der Waals surface area contributed by atoms with Gasteiger partial charge in [-0.25, -0.2) is 0 Å². The number of hydrogen-bond donors (Lipinski definition) is 7. The van der Waals surface area contributed by atoms with E-state index >= 15 is 0 Å². The zero-order valence-corrected chi connectivity index (χ0v) is 12.5. The van der Waals surface area contributed by atoms with Crippen LogP contribution in [0.3, 0.4) is 0 Å². The molecule has 0 aliphatic carbocycles. The van der Waals surface area contributed by atoms with Crippen molar-refractivity contribution in [3.05, 3.63) is 0 Å². The third-order valence-corrected chi connectivity index (χ3v) is 4.24. The Bertz CT molecular complexity index is 380. The van der Waals surface area contributed by atoms with E-state index in [-0.39, 0.29) is 0 Å². The summed E-state index contributed by atoms with van der Waals surface area (Å²) in [6, 6.07) is 0. The first-order valence-corrected chi connectivity index (χ1v) is 7.40. The van der Waals surface area contributed by atoms with Crippen molar-refractivity contribution in [1.29, 1.82) is 0 Å². The molecule has 10 atom stereocenters. The summed E-state index contributed by atoms with van der Waals surface area (Å²) in [7, 11) is 0. The van der Waals surface area contributed by atoms with Gasteiger partial charge in [0.1, 0.15) is 48.8 Å². The topological polar surface area (TPSA) is 169 Å². The summed E-state index contributed by atoms with van der Waals surface area (Å²) in [5.74, 6) is 0. The highest BCUT2D eigenvalue weighted by Crippen LogP contribution is 2.28. The Kier molecular flexibility index (Phi) is 6.30. The average molecular weight is 340 g/mol. The lowest BCUT2D eigenvalue weighted by molar-refractivity contribution is -0.340. The molecule has 0 amide bonds. The van der Waals surface area contributed by atoms with E-state index in [1.165, 1.54) is 6.92 Å². The van der Waals surface area contributed by atoms with Crippen LogP contribution in [0.25, 0.3) is 0 Å². The Labute approximate surface area is 132 Å². The van der Waals surface area contributed by atoms with Crippen molar-refractivity contribution in [2.75, 3.05) is 13.2 Å². The fraction of sp³-hybridized carbons (Fsp3) is 1.00. The molecule has 0 radical (unpaired) electrons. The molecule has 2 rings (SSSR count). The van der Waals surface area contributed by atoms with E-state index in [2.05, 4.69) is 0 Å². The molecule has 2 aliphatic rings. The number of hydrogen-bond acceptors (Lipinski definition) is 10. The standard InChI is InChI=1S/C13H24O10/c1-4-7(16)12(9(18)6(3-15)21-4)23-13-11(20)10(19)8(17)5(2-14)22-13/h4-20H,2-3H2,1H3/t4?,5-,6-,7+,8+,9+,10+,11-,12-,13?/m1/s1. The van der Waals surface area contributed by atoms with Gasteiger partial charge in [0.25, 0.3) is 0 Å². The SMILES string of the molecule is CC1O[C@H](CO)[C@H](O)[C@H](OC2O[C@H](CO)[C@H](O)[C@H](O)[C@H]2O)[C@H]1O. The molecule has 7 N–H and O–H groups in total. The summed E-state index contributed by atoms with van der Waals surface area (Å²) in [5.41, 5.74) is 0. The lowest BCUT2D eigenvalue weighted by Crippen LogP contribution is -2.64. The van der Waals surface area contributed by atoms with Crippen LogP contribution in [-0.4, -0.2) is 110 Å². The predicted octanol–water partition coefficient (Wildman–Crippen LogP) is -4.33. The molecule has 0 aromatic rings. The fourth-order valence-corrected chi connectivity index (χ4v) is 2.76. The smallest absolute Gasteiger partial charge is 0.187 e. The van der Waals surface area contributed by atoms with Crippen LogP contribution in [0, 0.1) is 0 Å². The van der Waals surface area contributed by atoms with Gasteiger partial charge in [0.05, 0.1) is 19.3 Å². The van der Waals surface area contributed by atoms with Gasteiger partial charge in [0, 0.05) is 0 Å². The van der Waals surface area contributed by atoms with Gasteiger partial charge in [-0.2, -0.15) is 0 Å². The average Bonchev–Trinajstić information content (AvgIpc) is 2.54. The molecule has 0 bridgehead atoms. The first kappa shape index (κ1) is 18.9. The molecule has 2 saturated heterocycles. The maximum absolute atomic E-state index is 10.1. The van der Waals surface area contributed by atoms with Gasteiger partial charge in [-0.15, -0.1) is 0 Å². The molecule has 2 aliphatic heterocycles. The fourth-order valence-electron chi connectivity index (χ4n) is 2.76. The maximum Gasteiger partial charge on any atom is 0.187 e. The van der Waals surface area contributed by atoms with Crippen molar-refractivity contribution in [2.45, 2.75) is 68.1 Å². The Balaban J connectivity index is 2.11. The van der Waals surface area contributed by atoms with E-state index in [4.69, 9.17) is 19.3 Å². The van der Waals surface area contributed by atoms with Crippen LogP contribution in [-0.2, 0) is 14.2 Å². The van der Waals surface area contributed by atoms with Crippen molar-refractivity contribution >= 4 is 0 Å². The van der Waals surface area contributed by atoms with Gasteiger partial charge in [-0.1, -0.05) is 0 Å². The van der Waals surface area contributed by atoms with Crippen LogP contribution in [0.15, 0.2) is 0 Å². The molecule has 136 valence electrons. The van der Waals surface area contributed by atoms with Crippen molar-refractivity contribution in [2.24, 2.45) is 0 Å². The molecule has 0 aromatic carbocycles. The Morgan fingerprint density at radius 2 is 1.30 bits per heavy atom. The molecule has 10 heteroatoms. The summed E-state index contributed by atoms with van der Waals surface area (Å²) in [6.45, 7) is 0.384. The van der Waals surface area contributed by atoms with E-state index in [0.29, 0.717) is 0 Å². The Hall–Kier alpha value is -0.400. The molecule has 0 spiro atoms. The number of aliphatic hydroxyl groups is 7. The number of rotatable bonds is 4. The minimum Gasteiger partial charge on any atom is -0.394 e. The highest BCUT2D eigenvalue weighted by molar-refractivity contribution is 4.94. The molecule has 10 nitrogen and oxygen atoms in total. The largest absolute Gasteiger partial charge is 0.394 e. The van der Waals surface area contributed by atoms with Crippen LogP contribution in [0.4, 0.5) is 0 Å². The molecule has 2 unspecified atom stereocenters. The molecule has 0 saturated carbocycles. The Morgan fingerprint density at radius 1 is 0.739 bits per heavy atom. The molecular weight excluding hydrogens is 316 g/mol. The highest BCUT2D eigenvalue weighted by Gasteiger charge is 2.49. The van der Waals surface area contributed by atoms with E-state index < -0.39 is 74.4 Å². The normalized spacial score (nSPS) is 51.7. The number of aliphatic hydroxyl groups excluding tert-OH is 7. The molecule has 23 heavy (non-hydrogen) atoms. The minimum absolute atomic E-state index is 0.507. The molecule has 2 fully saturated rings. The van der Waals surface area contributed by atoms with Crippen molar-refractivity contribution in [3.63, 3.8) is 0 Å². The lowest BCUT2D eigenvalue weighted by Gasteiger charge is -2.45. The second-order valence-electron chi connectivity index (χ2n) is 5.84. The van der Waals surface area contributed by atoms with Crippen LogP contribution >= 0.6 is 0 Å². The van der Waals surface area contributed by atoms with Gasteiger partial charge < -0.3 is 50.0 Å². The van der Waals surface area contributed by atoms with Gasteiger partial charge in [-0.3, -0.25) is 0 Å². The van der Waals surface area contributed by atoms with Gasteiger partial charge in [0.15, 0.2) is 6.29 Å². The number of ether oxygens (including phenoxy) is 3. The van der Waals surface area contributed by atoms with Crippen molar-refractivity contribution in [1.82, 2.24) is 0 Å². The zero-order valence-electron chi connectivity index (χ0n) is 12.5. The molecule has 2 heterocycles. The van der Waals surface area contributed by atoms with Crippen LogP contribution in [0.1, 0.15) is 6.92 Å². The molecular formula is C13H24O10. The van der Waals surface area contributed by atoms with Crippen molar-refractivity contribution < 1.29 is 50.0 Å². The minimum atomic E-state index is -1.65. The van der Waals surface area contributed by atoms with E-state index in [1.54, 1.807) is 0 Å². The van der Waals surface area contributed by atoms with Gasteiger partial charge in [-0.05, 0) is 6.92 Å². The Morgan fingerprint density at radius 3 is 1.87 bits per heavy atom. The summed E-state index contributed by atoms with van der Waals surface area (Å²) < 4.78 is 15.8. The predicted molar refractivity (Wildman–Crippen MR) is 72.1 cm³/mol. The van der Waals surface area contributed by atoms with Crippen LogP contribution in [0.2, 0.25) is 0 Å². The summed E-state index contributed by atoms with van der Waals surface area (Å²) in [6.07, 6.45) is -13.2. The van der Waals surface area contributed by atoms with E-state index in [1.807, 2.05) is 0 Å². The summed E-state index contributed by atoms with van der Waals surface area (Å²) in [5, 5.41) is 67.9.